The number of aliphatic hydroxyl groups is 1. The highest BCUT2D eigenvalue weighted by Crippen LogP contribution is 2.42. The lowest BCUT2D eigenvalue weighted by Gasteiger charge is -2.40. The molecule has 2 N–H and O–H groups in total. The topological polar surface area (TPSA) is 44.7 Å². The summed E-state index contributed by atoms with van der Waals surface area (Å²) in [5.41, 5.74) is 1.10. The lowest BCUT2D eigenvalue weighted by Crippen LogP contribution is -2.44. The van der Waals surface area contributed by atoms with Crippen molar-refractivity contribution in [1.29, 1.82) is 0 Å². The number of aliphatic hydroxyl groups excluding tert-OH is 1. The molecule has 0 spiro atoms. The summed E-state index contributed by atoms with van der Waals surface area (Å²) in [5.74, 6) is 0.855. The Bertz CT molecular complexity index is 704. The SMILES string of the molecule is CNC(=S)N(C)[C@@H]1c2c(ccc3ccccc23)OC[C@@H]1CO. The number of hydrogen-bond acceptors (Lipinski definition) is 3. The predicted molar refractivity (Wildman–Crippen MR) is 92.2 cm³/mol. The number of hydrogen-bond donors (Lipinski definition) is 2. The fraction of sp³-hybridized carbons (Fsp3) is 0.353. The molecule has 4 nitrogen and oxygen atoms in total. The first-order valence-corrected chi connectivity index (χ1v) is 7.78. The maximum absolute atomic E-state index is 9.79. The van der Waals surface area contributed by atoms with Gasteiger partial charge < -0.3 is 20.1 Å². The van der Waals surface area contributed by atoms with Crippen LogP contribution >= 0.6 is 12.2 Å². The molecule has 0 unspecified atom stereocenters. The second kappa shape index (κ2) is 6.10. The molecule has 0 saturated heterocycles. The number of fused-ring (bicyclic) bond motifs is 3. The smallest absolute Gasteiger partial charge is 0.168 e. The van der Waals surface area contributed by atoms with Crippen LogP contribution < -0.4 is 10.1 Å². The lowest BCUT2D eigenvalue weighted by molar-refractivity contribution is 0.0851. The van der Waals surface area contributed by atoms with Crippen molar-refractivity contribution in [2.75, 3.05) is 27.3 Å². The van der Waals surface area contributed by atoms with Crippen LogP contribution in [0.2, 0.25) is 0 Å². The Labute approximate surface area is 135 Å². The summed E-state index contributed by atoms with van der Waals surface area (Å²) < 4.78 is 5.88. The van der Waals surface area contributed by atoms with E-state index in [9.17, 15) is 5.11 Å². The van der Waals surface area contributed by atoms with Crippen molar-refractivity contribution in [3.8, 4) is 5.75 Å². The van der Waals surface area contributed by atoms with Crippen molar-refractivity contribution in [2.45, 2.75) is 6.04 Å². The van der Waals surface area contributed by atoms with Crippen molar-refractivity contribution in [3.05, 3.63) is 42.0 Å². The van der Waals surface area contributed by atoms with Crippen LogP contribution in [0.3, 0.4) is 0 Å². The first kappa shape index (κ1) is 15.1. The summed E-state index contributed by atoms with van der Waals surface area (Å²) in [4.78, 5) is 2.02. The zero-order valence-corrected chi connectivity index (χ0v) is 13.6. The number of nitrogens with zero attached hydrogens (tertiary/aromatic N) is 1. The van der Waals surface area contributed by atoms with Gasteiger partial charge in [-0.1, -0.05) is 30.3 Å². The first-order valence-electron chi connectivity index (χ1n) is 7.37. The zero-order valence-electron chi connectivity index (χ0n) is 12.7. The van der Waals surface area contributed by atoms with Crippen LogP contribution in [0, 0.1) is 5.92 Å². The summed E-state index contributed by atoms with van der Waals surface area (Å²) >= 11 is 5.40. The van der Waals surface area contributed by atoms with Gasteiger partial charge in [-0.25, -0.2) is 0 Å². The molecule has 0 fully saturated rings. The maximum Gasteiger partial charge on any atom is 0.168 e. The fourth-order valence-electron chi connectivity index (χ4n) is 3.20. The zero-order chi connectivity index (χ0) is 15.7. The second-order valence-corrected chi connectivity index (χ2v) is 5.95. The lowest BCUT2D eigenvalue weighted by atomic mass is 9.87. The summed E-state index contributed by atoms with van der Waals surface area (Å²) in [6, 6.07) is 12.3. The molecule has 2 aromatic carbocycles. The van der Waals surface area contributed by atoms with Gasteiger partial charge in [0, 0.05) is 25.6 Å². The number of ether oxygens (including phenoxy) is 1. The Hall–Kier alpha value is -1.85. The molecule has 2 aromatic rings. The minimum Gasteiger partial charge on any atom is -0.493 e. The molecule has 0 saturated carbocycles. The molecule has 22 heavy (non-hydrogen) atoms. The van der Waals surface area contributed by atoms with Gasteiger partial charge in [0.05, 0.1) is 19.3 Å². The molecule has 1 aliphatic heterocycles. The number of rotatable bonds is 2. The molecule has 0 aliphatic carbocycles. The van der Waals surface area contributed by atoms with E-state index < -0.39 is 0 Å². The monoisotopic (exact) mass is 316 g/mol. The Balaban J connectivity index is 2.20. The molecule has 0 radical (unpaired) electrons. The fourth-order valence-corrected chi connectivity index (χ4v) is 3.31. The number of benzene rings is 2. The minimum absolute atomic E-state index is 0.0141. The van der Waals surface area contributed by atoms with Gasteiger partial charge in [0.1, 0.15) is 5.75 Å². The molecular weight excluding hydrogens is 296 g/mol. The van der Waals surface area contributed by atoms with Gasteiger partial charge in [-0.2, -0.15) is 0 Å². The van der Waals surface area contributed by atoms with E-state index in [0.717, 1.165) is 22.1 Å². The average Bonchev–Trinajstić information content (AvgIpc) is 2.59. The van der Waals surface area contributed by atoms with Crippen LogP contribution in [0.5, 0.6) is 5.75 Å². The van der Waals surface area contributed by atoms with Crippen molar-refractivity contribution >= 4 is 28.1 Å². The molecule has 116 valence electrons. The van der Waals surface area contributed by atoms with Crippen LogP contribution in [0.4, 0.5) is 0 Å². The summed E-state index contributed by atoms with van der Waals surface area (Å²) in [6.45, 7) is 0.549. The van der Waals surface area contributed by atoms with E-state index in [2.05, 4.69) is 23.5 Å². The van der Waals surface area contributed by atoms with E-state index in [1.165, 1.54) is 0 Å². The van der Waals surface area contributed by atoms with Crippen LogP contribution in [-0.4, -0.2) is 42.4 Å². The molecule has 1 heterocycles. The van der Waals surface area contributed by atoms with E-state index >= 15 is 0 Å². The van der Waals surface area contributed by atoms with E-state index in [-0.39, 0.29) is 18.6 Å². The van der Waals surface area contributed by atoms with Gasteiger partial charge in [0.25, 0.3) is 0 Å². The first-order chi connectivity index (χ1) is 10.7. The Morgan fingerprint density at radius 2 is 2.14 bits per heavy atom. The average molecular weight is 316 g/mol. The van der Waals surface area contributed by atoms with Crippen molar-refractivity contribution in [1.82, 2.24) is 10.2 Å². The van der Waals surface area contributed by atoms with Crippen molar-refractivity contribution < 1.29 is 9.84 Å². The van der Waals surface area contributed by atoms with Gasteiger partial charge >= 0.3 is 0 Å². The molecule has 0 amide bonds. The molecular formula is C17H20N2O2S. The van der Waals surface area contributed by atoms with Crippen molar-refractivity contribution in [2.24, 2.45) is 5.92 Å². The van der Waals surface area contributed by atoms with Crippen LogP contribution in [-0.2, 0) is 0 Å². The maximum atomic E-state index is 9.79. The third kappa shape index (κ3) is 2.40. The van der Waals surface area contributed by atoms with Gasteiger partial charge in [-0.15, -0.1) is 0 Å². The summed E-state index contributed by atoms with van der Waals surface area (Å²) in [6.07, 6.45) is 0. The van der Waals surface area contributed by atoms with Crippen LogP contribution in [0.25, 0.3) is 10.8 Å². The highest BCUT2D eigenvalue weighted by atomic mass is 32.1. The molecule has 0 bridgehead atoms. The Kier molecular flexibility index (Phi) is 4.18. The quantitative estimate of drug-likeness (QED) is 0.833. The van der Waals surface area contributed by atoms with Gasteiger partial charge in [-0.05, 0) is 29.1 Å². The minimum atomic E-state index is -0.0189. The summed E-state index contributed by atoms with van der Waals surface area (Å²) in [7, 11) is 3.78. The molecule has 1 aliphatic rings. The van der Waals surface area contributed by atoms with Gasteiger partial charge in [0.2, 0.25) is 0 Å². The molecule has 5 heteroatoms. The number of thiocarbonyl (C=S) groups is 1. The molecule has 2 atom stereocenters. The van der Waals surface area contributed by atoms with E-state index in [0.29, 0.717) is 11.7 Å². The molecule has 3 rings (SSSR count). The standard InChI is InChI=1S/C17H20N2O2S/c1-18-17(22)19(2)16-12(9-20)10-21-14-8-7-11-5-3-4-6-13(11)15(14)16/h3-8,12,16,20H,9-10H2,1-2H3,(H,18,22)/t12-,16-/m0/s1. The van der Waals surface area contributed by atoms with Gasteiger partial charge in [-0.3, -0.25) is 0 Å². The van der Waals surface area contributed by atoms with Crippen molar-refractivity contribution in [3.63, 3.8) is 0 Å². The largest absolute Gasteiger partial charge is 0.493 e. The molecule has 0 aromatic heterocycles. The third-order valence-electron chi connectivity index (χ3n) is 4.31. The highest BCUT2D eigenvalue weighted by Gasteiger charge is 2.35. The van der Waals surface area contributed by atoms with Crippen LogP contribution in [0.15, 0.2) is 36.4 Å². The Morgan fingerprint density at radius 3 is 2.86 bits per heavy atom. The van der Waals surface area contributed by atoms with Gasteiger partial charge in [0.15, 0.2) is 5.11 Å². The second-order valence-electron chi connectivity index (χ2n) is 5.56. The predicted octanol–water partition coefficient (Wildman–Crippen LogP) is 2.32. The third-order valence-corrected chi connectivity index (χ3v) is 4.80. The van der Waals surface area contributed by atoms with E-state index in [4.69, 9.17) is 17.0 Å². The Morgan fingerprint density at radius 1 is 1.36 bits per heavy atom. The highest BCUT2D eigenvalue weighted by molar-refractivity contribution is 7.80. The van der Waals surface area contributed by atoms with Crippen LogP contribution in [0.1, 0.15) is 11.6 Å². The number of nitrogens with one attached hydrogen (secondary N) is 1. The summed E-state index contributed by atoms with van der Waals surface area (Å²) in [5, 5.41) is 15.8. The van der Waals surface area contributed by atoms with E-state index in [1.807, 2.05) is 37.2 Å². The normalized spacial score (nSPS) is 20.1. The van der Waals surface area contributed by atoms with E-state index in [1.54, 1.807) is 0 Å².